The lowest BCUT2D eigenvalue weighted by Crippen LogP contribution is -2.34. The van der Waals surface area contributed by atoms with E-state index in [1.54, 1.807) is 0 Å². The summed E-state index contributed by atoms with van der Waals surface area (Å²) in [6.07, 6.45) is 3.26. The molecule has 0 aromatic heterocycles. The normalized spacial score (nSPS) is 10.6. The Hall–Kier alpha value is -1.07. The van der Waals surface area contributed by atoms with Gasteiger partial charge in [-0.05, 0) is 53.0 Å². The fraction of sp³-hybridized carbons (Fsp3) is 0.562. The average molecular weight is 356 g/mol. The second-order valence-corrected chi connectivity index (χ2v) is 6.06. The van der Waals surface area contributed by atoms with E-state index in [-0.39, 0.29) is 12.5 Å². The Labute approximate surface area is 136 Å². The van der Waals surface area contributed by atoms with Gasteiger partial charge in [0.2, 0.25) is 5.91 Å². The number of primary amides is 1. The highest BCUT2D eigenvalue weighted by Gasteiger charge is 2.12. The first kappa shape index (κ1) is 18.0. The monoisotopic (exact) mass is 355 g/mol. The number of rotatable bonds is 10. The Bertz CT molecular complexity index is 451. The molecule has 0 saturated heterocycles. The van der Waals surface area contributed by atoms with Crippen LogP contribution in [0.3, 0.4) is 0 Å². The maximum absolute atomic E-state index is 11.3. The zero-order valence-electron chi connectivity index (χ0n) is 13.0. The van der Waals surface area contributed by atoms with Crippen LogP contribution in [0, 0.1) is 0 Å². The van der Waals surface area contributed by atoms with Crippen molar-refractivity contribution in [3.05, 3.63) is 28.2 Å². The summed E-state index contributed by atoms with van der Waals surface area (Å²) in [6, 6.07) is 6.27. The minimum atomic E-state index is -0.299. The lowest BCUT2D eigenvalue weighted by molar-refractivity contribution is -0.116. The second-order valence-electron chi connectivity index (χ2n) is 5.20. The molecule has 3 N–H and O–H groups in total. The van der Waals surface area contributed by atoms with Gasteiger partial charge in [-0.1, -0.05) is 26.3 Å². The Balaban J connectivity index is 2.80. The van der Waals surface area contributed by atoms with Crippen LogP contribution in [-0.4, -0.2) is 25.5 Å². The van der Waals surface area contributed by atoms with Crippen LogP contribution in [0.4, 0.5) is 5.69 Å². The van der Waals surface area contributed by atoms with E-state index >= 15 is 0 Å². The number of halogens is 1. The molecule has 1 aromatic rings. The predicted octanol–water partition coefficient (Wildman–Crippen LogP) is 3.04. The van der Waals surface area contributed by atoms with Gasteiger partial charge in [-0.25, -0.2) is 0 Å². The summed E-state index contributed by atoms with van der Waals surface area (Å²) in [6.45, 7) is 7.26. The topological polar surface area (TPSA) is 58.4 Å². The molecular weight excluding hydrogens is 330 g/mol. The van der Waals surface area contributed by atoms with Crippen LogP contribution in [0.1, 0.15) is 38.7 Å². The molecule has 1 rings (SSSR count). The van der Waals surface area contributed by atoms with Crippen molar-refractivity contribution in [2.45, 2.75) is 39.7 Å². The molecule has 0 aliphatic heterocycles. The van der Waals surface area contributed by atoms with Crippen LogP contribution >= 0.6 is 15.9 Å². The number of hydrogen-bond donors (Lipinski definition) is 2. The molecule has 0 unspecified atom stereocenters. The maximum Gasteiger partial charge on any atom is 0.236 e. The average Bonchev–Trinajstić information content (AvgIpc) is 2.44. The van der Waals surface area contributed by atoms with Crippen molar-refractivity contribution in [2.24, 2.45) is 5.73 Å². The molecule has 0 heterocycles. The minimum absolute atomic E-state index is 0.256. The standard InChI is InChI=1S/C16H26BrN3O/c1-3-5-9-20(12-16(18)21)15-7-6-13(10-14(15)17)11-19-8-4-2/h6-7,10,19H,3-5,8-9,11-12H2,1-2H3,(H2,18,21). The third-order valence-corrected chi connectivity index (χ3v) is 3.87. The van der Waals surface area contributed by atoms with Crippen molar-refractivity contribution in [3.63, 3.8) is 0 Å². The number of anilines is 1. The highest BCUT2D eigenvalue weighted by atomic mass is 79.9. The molecule has 0 saturated carbocycles. The number of amides is 1. The van der Waals surface area contributed by atoms with Gasteiger partial charge in [-0.3, -0.25) is 4.79 Å². The predicted molar refractivity (Wildman–Crippen MR) is 92.5 cm³/mol. The molecule has 0 aliphatic rings. The molecule has 1 amide bonds. The first-order valence-electron chi connectivity index (χ1n) is 7.60. The largest absolute Gasteiger partial charge is 0.368 e. The number of hydrogen-bond acceptors (Lipinski definition) is 3. The van der Waals surface area contributed by atoms with E-state index in [2.05, 4.69) is 53.3 Å². The van der Waals surface area contributed by atoms with Crippen molar-refractivity contribution in [3.8, 4) is 0 Å². The van der Waals surface area contributed by atoms with E-state index in [0.717, 1.165) is 49.1 Å². The highest BCUT2D eigenvalue weighted by molar-refractivity contribution is 9.10. The van der Waals surface area contributed by atoms with E-state index < -0.39 is 0 Å². The third kappa shape index (κ3) is 6.48. The summed E-state index contributed by atoms with van der Waals surface area (Å²) < 4.78 is 1.01. The first-order valence-corrected chi connectivity index (χ1v) is 8.40. The lowest BCUT2D eigenvalue weighted by Gasteiger charge is -2.24. The van der Waals surface area contributed by atoms with Gasteiger partial charge in [0, 0.05) is 17.6 Å². The van der Waals surface area contributed by atoms with Crippen molar-refractivity contribution >= 4 is 27.5 Å². The van der Waals surface area contributed by atoms with Crippen molar-refractivity contribution in [1.82, 2.24) is 5.32 Å². The lowest BCUT2D eigenvalue weighted by atomic mass is 10.1. The number of benzene rings is 1. The quantitative estimate of drug-likeness (QED) is 0.634. The molecule has 0 atom stereocenters. The fourth-order valence-corrected chi connectivity index (χ4v) is 2.83. The van der Waals surface area contributed by atoms with E-state index in [4.69, 9.17) is 5.73 Å². The molecule has 118 valence electrons. The summed E-state index contributed by atoms with van der Waals surface area (Å²) in [5.41, 5.74) is 7.62. The molecule has 21 heavy (non-hydrogen) atoms. The SMILES string of the molecule is CCCCN(CC(N)=O)c1ccc(CNCCC)cc1Br. The van der Waals surface area contributed by atoms with Gasteiger partial charge in [-0.2, -0.15) is 0 Å². The maximum atomic E-state index is 11.3. The van der Waals surface area contributed by atoms with E-state index in [0.29, 0.717) is 0 Å². The Morgan fingerprint density at radius 3 is 2.67 bits per heavy atom. The molecule has 0 radical (unpaired) electrons. The number of carbonyl (C=O) groups excluding carboxylic acids is 1. The number of nitrogens with zero attached hydrogens (tertiary/aromatic N) is 1. The summed E-state index contributed by atoms with van der Waals surface area (Å²) in [5, 5.41) is 3.39. The molecular formula is C16H26BrN3O. The van der Waals surface area contributed by atoms with Crippen LogP contribution in [-0.2, 0) is 11.3 Å². The zero-order valence-corrected chi connectivity index (χ0v) is 14.6. The number of carbonyl (C=O) groups is 1. The second kappa shape index (κ2) is 9.79. The Morgan fingerprint density at radius 1 is 1.33 bits per heavy atom. The minimum Gasteiger partial charge on any atom is -0.368 e. The van der Waals surface area contributed by atoms with Gasteiger partial charge in [0.1, 0.15) is 0 Å². The summed E-state index contributed by atoms with van der Waals surface area (Å²) in [7, 11) is 0. The van der Waals surface area contributed by atoms with Crippen LogP contribution in [0.15, 0.2) is 22.7 Å². The zero-order chi connectivity index (χ0) is 15.7. The summed E-state index contributed by atoms with van der Waals surface area (Å²) >= 11 is 3.62. The van der Waals surface area contributed by atoms with Crippen LogP contribution in [0.5, 0.6) is 0 Å². The third-order valence-electron chi connectivity index (χ3n) is 3.24. The number of nitrogens with two attached hydrogens (primary N) is 1. The van der Waals surface area contributed by atoms with Gasteiger partial charge in [0.25, 0.3) is 0 Å². The van der Waals surface area contributed by atoms with Crippen LogP contribution < -0.4 is 16.0 Å². The molecule has 0 fully saturated rings. The molecule has 1 aromatic carbocycles. The summed E-state index contributed by atoms with van der Waals surface area (Å²) in [4.78, 5) is 13.3. The molecule has 5 heteroatoms. The van der Waals surface area contributed by atoms with Crippen LogP contribution in [0.25, 0.3) is 0 Å². The first-order chi connectivity index (χ1) is 10.1. The van der Waals surface area contributed by atoms with Crippen molar-refractivity contribution in [2.75, 3.05) is 24.5 Å². The molecule has 0 bridgehead atoms. The van der Waals surface area contributed by atoms with Gasteiger partial charge in [-0.15, -0.1) is 0 Å². The van der Waals surface area contributed by atoms with Crippen molar-refractivity contribution < 1.29 is 4.79 Å². The smallest absolute Gasteiger partial charge is 0.236 e. The van der Waals surface area contributed by atoms with Gasteiger partial charge in [0.05, 0.1) is 12.2 Å². The Kier molecular flexibility index (Phi) is 8.38. The van der Waals surface area contributed by atoms with Gasteiger partial charge < -0.3 is 16.0 Å². The number of unbranched alkanes of at least 4 members (excludes halogenated alkanes) is 1. The van der Waals surface area contributed by atoms with E-state index in [1.165, 1.54) is 5.56 Å². The van der Waals surface area contributed by atoms with Crippen molar-refractivity contribution in [1.29, 1.82) is 0 Å². The molecule has 4 nitrogen and oxygen atoms in total. The van der Waals surface area contributed by atoms with Gasteiger partial charge >= 0.3 is 0 Å². The van der Waals surface area contributed by atoms with E-state index in [9.17, 15) is 4.79 Å². The Morgan fingerprint density at radius 2 is 2.10 bits per heavy atom. The number of nitrogens with one attached hydrogen (secondary N) is 1. The van der Waals surface area contributed by atoms with Gasteiger partial charge in [0.15, 0.2) is 0 Å². The van der Waals surface area contributed by atoms with E-state index in [1.807, 2.05) is 4.90 Å². The molecule has 0 spiro atoms. The highest BCUT2D eigenvalue weighted by Crippen LogP contribution is 2.27. The fourth-order valence-electron chi connectivity index (χ4n) is 2.15. The van der Waals surface area contributed by atoms with Crippen LogP contribution in [0.2, 0.25) is 0 Å². The molecule has 0 aliphatic carbocycles. The summed E-state index contributed by atoms with van der Waals surface area (Å²) in [5.74, 6) is -0.299.